The van der Waals surface area contributed by atoms with Crippen LogP contribution in [-0.4, -0.2) is 63.4 Å². The minimum atomic E-state index is -7.66. The molecule has 0 aromatic heterocycles. The summed E-state index contributed by atoms with van der Waals surface area (Å²) in [6.07, 6.45) is -14.8. The van der Waals surface area contributed by atoms with Crippen LogP contribution in [0, 0.1) is 0 Å². The third-order valence-electron chi connectivity index (χ3n) is 10.1. The average molecular weight is 1160 g/mol. The van der Waals surface area contributed by atoms with E-state index in [1.165, 1.54) is 72.8 Å². The molecule has 6 nitrogen and oxygen atoms in total. The van der Waals surface area contributed by atoms with E-state index < -0.39 is 117 Å². The maximum atomic E-state index is 15.3. The molecule has 0 aliphatic heterocycles. The number of benzene rings is 6. The molecule has 0 saturated heterocycles. The van der Waals surface area contributed by atoms with Gasteiger partial charge < -0.3 is 0 Å². The molecular weight excluding hydrogens is 1130 g/mol. The van der Waals surface area contributed by atoms with Crippen LogP contribution in [0.15, 0.2) is 209 Å². The lowest BCUT2D eigenvalue weighted by Crippen LogP contribution is -2.63. The van der Waals surface area contributed by atoms with Crippen LogP contribution < -0.4 is 0 Å². The van der Waals surface area contributed by atoms with Crippen molar-refractivity contribution in [2.24, 2.45) is 0 Å². The highest BCUT2D eigenvalue weighted by molar-refractivity contribution is 8.33. The summed E-state index contributed by atoms with van der Waals surface area (Å²) in [5.41, 5.74) is 0. The Morgan fingerprint density at radius 2 is 0.493 bits per heavy atom. The largest absolute Gasteiger partial charge is 0.460 e. The van der Waals surface area contributed by atoms with Gasteiger partial charge in [0.15, 0.2) is 0 Å². The Balaban J connectivity index is 1.45. The number of hydrogen-bond donors (Lipinski definition) is 0. The van der Waals surface area contributed by atoms with Gasteiger partial charge in [-0.15, -0.1) is 0 Å². The lowest BCUT2D eigenvalue weighted by atomic mass is 10.1. The molecule has 0 atom stereocenters. The summed E-state index contributed by atoms with van der Waals surface area (Å²) in [6.45, 7) is 0. The predicted molar refractivity (Wildman–Crippen MR) is 229 cm³/mol. The van der Waals surface area contributed by atoms with E-state index in [2.05, 4.69) is 0 Å². The van der Waals surface area contributed by atoms with Crippen molar-refractivity contribution in [3.8, 4) is 0 Å². The normalized spacial score (nSPS) is 14.7. The second-order valence-electron chi connectivity index (χ2n) is 14.8. The minimum Gasteiger partial charge on any atom is -0.202 e. The minimum absolute atomic E-state index is 0.0893. The first-order chi connectivity index (χ1) is 33.5. The van der Waals surface area contributed by atoms with Gasteiger partial charge in [-0.3, -0.25) is 0 Å². The number of hydrogen-bond acceptors (Lipinski definition) is 7. The molecule has 0 aliphatic carbocycles. The van der Waals surface area contributed by atoms with Gasteiger partial charge in [-0.2, -0.15) is 95.9 Å². The van der Waals surface area contributed by atoms with Crippen molar-refractivity contribution in [3.05, 3.63) is 170 Å². The molecular formula is C44H28F18O6S5. The highest BCUT2D eigenvalue weighted by atomic mass is 32.3. The molecule has 396 valence electrons. The van der Waals surface area contributed by atoms with Gasteiger partial charge in [-0.25, -0.2) is 7.26 Å². The zero-order valence-corrected chi connectivity index (χ0v) is 39.5. The summed E-state index contributed by atoms with van der Waals surface area (Å²) in [5.74, 6) is -30.6. The van der Waals surface area contributed by atoms with E-state index in [4.69, 9.17) is 7.26 Å². The molecule has 0 heterocycles. The van der Waals surface area contributed by atoms with E-state index in [0.29, 0.717) is 0 Å². The van der Waals surface area contributed by atoms with Crippen LogP contribution in [0.5, 0.6) is 0 Å². The fraction of sp³-hybridized carbons (Fsp3) is 0.182. The first-order valence-electron chi connectivity index (χ1n) is 19.6. The fourth-order valence-corrected chi connectivity index (χ4v) is 17.7. The van der Waals surface area contributed by atoms with Crippen LogP contribution >= 0.6 is 32.4 Å². The summed E-state index contributed by atoms with van der Waals surface area (Å²) >= 11 is 0.743. The van der Waals surface area contributed by atoms with Gasteiger partial charge in [-0.05, 0) is 118 Å². The van der Waals surface area contributed by atoms with Crippen molar-refractivity contribution in [2.45, 2.75) is 85.7 Å². The van der Waals surface area contributed by atoms with Gasteiger partial charge >= 0.3 is 66.8 Å². The summed E-state index contributed by atoms with van der Waals surface area (Å²) in [6, 6.07) is 31.6. The Hall–Kier alpha value is -5.07. The third-order valence-corrected chi connectivity index (χ3v) is 21.6. The van der Waals surface area contributed by atoms with Gasteiger partial charge in [0.1, 0.15) is 0 Å². The van der Waals surface area contributed by atoms with Crippen LogP contribution in [0.3, 0.4) is 0 Å². The Kier molecular flexibility index (Phi) is 15.3. The van der Waals surface area contributed by atoms with Crippen LogP contribution in [0.2, 0.25) is 0 Å². The molecule has 29 heteroatoms. The Bertz CT molecular complexity index is 2810. The number of halogens is 18. The quantitative estimate of drug-likeness (QED) is 0.0793. The highest BCUT2D eigenvalue weighted by Gasteiger charge is 2.87. The summed E-state index contributed by atoms with van der Waals surface area (Å²) in [4.78, 5) is -2.35. The molecule has 6 aromatic rings. The molecule has 0 unspecified atom stereocenters. The first-order valence-corrected chi connectivity index (χ1v) is 26.3. The highest BCUT2D eigenvalue weighted by Crippen LogP contribution is 2.73. The zero-order chi connectivity index (χ0) is 54.5. The molecule has 73 heavy (non-hydrogen) atoms. The Morgan fingerprint density at radius 3 is 0.699 bits per heavy atom. The summed E-state index contributed by atoms with van der Waals surface area (Å²) in [7, 11) is -24.0. The lowest BCUT2D eigenvalue weighted by molar-refractivity contribution is -0.382. The Labute approximate surface area is 409 Å². The van der Waals surface area contributed by atoms with E-state index in [1.54, 1.807) is 0 Å². The van der Waals surface area contributed by atoms with E-state index in [9.17, 15) is 78.3 Å². The average Bonchev–Trinajstić information content (AvgIpc) is 3.33. The molecule has 0 amide bonds. The summed E-state index contributed by atoms with van der Waals surface area (Å²) < 4.78 is 318. The maximum absolute atomic E-state index is 15.3. The Morgan fingerprint density at radius 1 is 0.288 bits per heavy atom. The van der Waals surface area contributed by atoms with E-state index in [0.717, 1.165) is 109 Å². The van der Waals surface area contributed by atoms with Crippen LogP contribution in [0.1, 0.15) is 0 Å². The number of rotatable bonds is 18. The molecule has 0 N–H and O–H groups in total. The zero-order valence-electron chi connectivity index (χ0n) is 35.5. The van der Waals surface area contributed by atoms with Gasteiger partial charge in [0.25, 0.3) is 0 Å². The lowest BCUT2D eigenvalue weighted by Gasteiger charge is -2.41. The van der Waals surface area contributed by atoms with Gasteiger partial charge in [0, 0.05) is 39.2 Å². The SMILES string of the molecule is O=S(=O)(OS(c1ccccc1)(c1ccccc1)c1ccc(Sc2ccc(S(OS(=O)(=O)C(F)(F)C(F)(F)C(F)(F)C(F)(F)F)(c3ccccc3)c3ccccc3)cc2)cc1)C(F)(F)C(F)(F)C(F)(F)C(F)(F)F. The monoisotopic (exact) mass is 1150 g/mol. The van der Waals surface area contributed by atoms with Crippen molar-refractivity contribution in [1.29, 1.82) is 0 Å². The molecule has 0 spiro atoms. The van der Waals surface area contributed by atoms with Crippen molar-refractivity contribution in [2.75, 3.05) is 0 Å². The molecule has 6 aromatic carbocycles. The van der Waals surface area contributed by atoms with Crippen LogP contribution in [-0.2, 0) is 27.5 Å². The van der Waals surface area contributed by atoms with E-state index in [-0.39, 0.29) is 9.79 Å². The topological polar surface area (TPSA) is 86.7 Å². The van der Waals surface area contributed by atoms with E-state index in [1.807, 2.05) is 0 Å². The predicted octanol–water partition coefficient (Wildman–Crippen LogP) is 15.8. The van der Waals surface area contributed by atoms with Gasteiger partial charge in [0.2, 0.25) is 0 Å². The molecule has 0 bridgehead atoms. The van der Waals surface area contributed by atoms with Gasteiger partial charge in [-0.1, -0.05) is 84.6 Å². The first kappa shape index (κ1) is 57.2. The molecule has 0 aliphatic rings. The molecule has 0 saturated carbocycles. The van der Waals surface area contributed by atoms with Crippen molar-refractivity contribution < 1.29 is 103 Å². The molecule has 6 rings (SSSR count). The van der Waals surface area contributed by atoms with Crippen LogP contribution in [0.25, 0.3) is 0 Å². The second kappa shape index (κ2) is 19.6. The molecule has 0 fully saturated rings. The fourth-order valence-electron chi connectivity index (χ4n) is 6.43. The summed E-state index contributed by atoms with van der Waals surface area (Å²) in [5, 5.41) is -14.5. The maximum Gasteiger partial charge on any atom is 0.460 e. The number of alkyl halides is 18. The van der Waals surface area contributed by atoms with E-state index >= 15 is 17.6 Å². The second-order valence-corrected chi connectivity index (χ2v) is 24.9. The van der Waals surface area contributed by atoms with Crippen molar-refractivity contribution in [3.63, 3.8) is 0 Å². The third kappa shape index (κ3) is 9.66. The van der Waals surface area contributed by atoms with Crippen molar-refractivity contribution >= 4 is 52.6 Å². The van der Waals surface area contributed by atoms with Gasteiger partial charge in [0.05, 0.1) is 0 Å². The standard InChI is InChI=1S/C44H28F18O6S5/c45-37(46,41(53,54)55)39(49,50)43(59,60)72(63,64)67-70(31-13-5-1-6-14-31,32-15-7-2-8-16-32)35-25-21-29(22-26-35)69-30-23-27-36(28-24-30)71(33-17-9-3-10-18-33,34-19-11-4-12-20-34)68-73(65,66)44(61,62)40(51,52)38(47,48)42(56,57)58/h1-28H. The van der Waals surface area contributed by atoms with Crippen LogP contribution in [0.4, 0.5) is 79.0 Å². The molecule has 0 radical (unpaired) electrons. The van der Waals surface area contributed by atoms with Crippen molar-refractivity contribution in [1.82, 2.24) is 0 Å². The smallest absolute Gasteiger partial charge is 0.202 e.